The van der Waals surface area contributed by atoms with Gasteiger partial charge >= 0.3 is 0 Å². The summed E-state index contributed by atoms with van der Waals surface area (Å²) in [5.74, 6) is 0. The molecule has 2 fully saturated rings. The highest BCUT2D eigenvalue weighted by atomic mass is 16.5. The molecular formula is C12H24N2O. The summed E-state index contributed by atoms with van der Waals surface area (Å²) >= 11 is 0. The molecule has 1 saturated carbocycles. The van der Waals surface area contributed by atoms with Crippen molar-refractivity contribution in [1.82, 2.24) is 5.32 Å². The van der Waals surface area contributed by atoms with Gasteiger partial charge in [0.1, 0.15) is 0 Å². The fourth-order valence-electron chi connectivity index (χ4n) is 2.86. The lowest BCUT2D eigenvalue weighted by Gasteiger charge is -2.33. The summed E-state index contributed by atoms with van der Waals surface area (Å²) in [4.78, 5) is 0. The topological polar surface area (TPSA) is 47.3 Å². The molecule has 0 amide bonds. The van der Waals surface area contributed by atoms with Crippen LogP contribution in [-0.2, 0) is 4.74 Å². The van der Waals surface area contributed by atoms with Crippen LogP contribution >= 0.6 is 0 Å². The van der Waals surface area contributed by atoms with Gasteiger partial charge in [-0.15, -0.1) is 0 Å². The van der Waals surface area contributed by atoms with Crippen molar-refractivity contribution in [1.29, 1.82) is 0 Å². The predicted molar refractivity (Wildman–Crippen MR) is 61.8 cm³/mol. The Labute approximate surface area is 92.7 Å². The largest absolute Gasteiger partial charge is 0.374 e. The van der Waals surface area contributed by atoms with Crippen molar-refractivity contribution < 1.29 is 4.74 Å². The third-order valence-corrected chi connectivity index (χ3v) is 4.09. The van der Waals surface area contributed by atoms with Crippen molar-refractivity contribution in [2.45, 2.75) is 56.6 Å². The van der Waals surface area contributed by atoms with Crippen LogP contribution < -0.4 is 11.1 Å². The molecule has 0 aromatic rings. The van der Waals surface area contributed by atoms with Gasteiger partial charge in [0, 0.05) is 25.2 Å². The molecule has 1 heterocycles. The summed E-state index contributed by atoms with van der Waals surface area (Å²) in [5, 5.41) is 3.68. The minimum atomic E-state index is 0.0603. The number of hydrogen-bond acceptors (Lipinski definition) is 3. The van der Waals surface area contributed by atoms with Gasteiger partial charge in [0.25, 0.3) is 0 Å². The Balaban J connectivity index is 1.85. The van der Waals surface area contributed by atoms with Crippen molar-refractivity contribution in [3.8, 4) is 0 Å². The SMILES string of the molecule is CC1(CNC2(CN)CCCC2)CCCO1. The molecule has 15 heavy (non-hydrogen) atoms. The first-order valence-corrected chi connectivity index (χ1v) is 6.27. The number of nitrogens with one attached hydrogen (secondary N) is 1. The third kappa shape index (κ3) is 2.52. The van der Waals surface area contributed by atoms with E-state index in [1.807, 2.05) is 0 Å². The Bertz CT molecular complexity index is 206. The molecule has 1 aliphatic carbocycles. The van der Waals surface area contributed by atoms with E-state index in [2.05, 4.69) is 12.2 Å². The summed E-state index contributed by atoms with van der Waals surface area (Å²) < 4.78 is 5.79. The molecule has 3 heteroatoms. The fourth-order valence-corrected chi connectivity index (χ4v) is 2.86. The average Bonchev–Trinajstić information content (AvgIpc) is 2.86. The Hall–Kier alpha value is -0.120. The molecule has 0 spiro atoms. The molecular weight excluding hydrogens is 188 g/mol. The molecule has 0 radical (unpaired) electrons. The molecule has 3 nitrogen and oxygen atoms in total. The first kappa shape index (κ1) is 11.4. The van der Waals surface area contributed by atoms with E-state index >= 15 is 0 Å². The zero-order valence-electron chi connectivity index (χ0n) is 9.85. The summed E-state index contributed by atoms with van der Waals surface area (Å²) in [6, 6.07) is 0. The Morgan fingerprint density at radius 3 is 2.47 bits per heavy atom. The molecule has 3 N–H and O–H groups in total. The van der Waals surface area contributed by atoms with E-state index in [1.165, 1.54) is 38.5 Å². The van der Waals surface area contributed by atoms with Crippen molar-refractivity contribution >= 4 is 0 Å². The van der Waals surface area contributed by atoms with Gasteiger partial charge in [0.05, 0.1) is 5.60 Å². The Morgan fingerprint density at radius 2 is 1.93 bits per heavy atom. The van der Waals surface area contributed by atoms with E-state index in [1.54, 1.807) is 0 Å². The number of nitrogens with two attached hydrogens (primary N) is 1. The maximum absolute atomic E-state index is 5.89. The number of hydrogen-bond donors (Lipinski definition) is 2. The maximum Gasteiger partial charge on any atom is 0.0779 e. The van der Waals surface area contributed by atoms with Crippen molar-refractivity contribution in [3.63, 3.8) is 0 Å². The Morgan fingerprint density at radius 1 is 1.20 bits per heavy atom. The summed E-state index contributed by atoms with van der Waals surface area (Å²) in [6.45, 7) is 4.87. The Kier molecular flexibility index (Phi) is 3.33. The quantitative estimate of drug-likeness (QED) is 0.741. The molecule has 0 aromatic carbocycles. The van der Waals surface area contributed by atoms with Crippen LogP contribution in [0.1, 0.15) is 45.4 Å². The smallest absolute Gasteiger partial charge is 0.0779 e. The van der Waals surface area contributed by atoms with E-state index < -0.39 is 0 Å². The van der Waals surface area contributed by atoms with E-state index in [-0.39, 0.29) is 11.1 Å². The molecule has 2 aliphatic rings. The molecule has 88 valence electrons. The predicted octanol–water partition coefficient (Wildman–Crippen LogP) is 1.42. The average molecular weight is 212 g/mol. The van der Waals surface area contributed by atoms with E-state index in [0.717, 1.165) is 19.7 Å². The van der Waals surface area contributed by atoms with Crippen LogP contribution in [0.2, 0.25) is 0 Å². The van der Waals surface area contributed by atoms with Gasteiger partial charge in [-0.1, -0.05) is 12.8 Å². The molecule has 1 atom stereocenters. The molecule has 0 aromatic heterocycles. The molecule has 1 aliphatic heterocycles. The van der Waals surface area contributed by atoms with Gasteiger partial charge in [-0.05, 0) is 32.6 Å². The van der Waals surface area contributed by atoms with Gasteiger partial charge in [0.2, 0.25) is 0 Å². The second-order valence-corrected chi connectivity index (χ2v) is 5.45. The number of rotatable bonds is 4. The zero-order valence-corrected chi connectivity index (χ0v) is 9.85. The first-order chi connectivity index (χ1) is 7.18. The lowest BCUT2D eigenvalue weighted by atomic mass is 9.95. The fraction of sp³-hybridized carbons (Fsp3) is 1.00. The molecule has 1 saturated heterocycles. The van der Waals surface area contributed by atoms with Crippen LogP contribution in [0.4, 0.5) is 0 Å². The normalized spacial score (nSPS) is 34.8. The van der Waals surface area contributed by atoms with E-state index in [4.69, 9.17) is 10.5 Å². The molecule has 1 unspecified atom stereocenters. The second kappa shape index (κ2) is 4.40. The lowest BCUT2D eigenvalue weighted by molar-refractivity contribution is 0.0146. The van der Waals surface area contributed by atoms with Gasteiger partial charge in [-0.3, -0.25) is 0 Å². The molecule has 2 rings (SSSR count). The van der Waals surface area contributed by atoms with Crippen LogP contribution in [0.25, 0.3) is 0 Å². The third-order valence-electron chi connectivity index (χ3n) is 4.09. The standard InChI is InChI=1S/C12H24N2O/c1-11(5-4-8-15-11)10-14-12(9-13)6-2-3-7-12/h14H,2-10,13H2,1H3. The summed E-state index contributed by atoms with van der Waals surface area (Å²) in [5.41, 5.74) is 6.17. The lowest BCUT2D eigenvalue weighted by Crippen LogP contribution is -2.53. The van der Waals surface area contributed by atoms with Crippen LogP contribution in [0.15, 0.2) is 0 Å². The highest BCUT2D eigenvalue weighted by molar-refractivity contribution is 4.96. The van der Waals surface area contributed by atoms with Crippen LogP contribution in [0.3, 0.4) is 0 Å². The van der Waals surface area contributed by atoms with Crippen molar-refractivity contribution in [2.24, 2.45) is 5.73 Å². The first-order valence-electron chi connectivity index (χ1n) is 6.27. The van der Waals surface area contributed by atoms with Crippen LogP contribution in [-0.4, -0.2) is 30.8 Å². The summed E-state index contributed by atoms with van der Waals surface area (Å²) in [7, 11) is 0. The summed E-state index contributed by atoms with van der Waals surface area (Å²) in [6.07, 6.45) is 7.50. The van der Waals surface area contributed by atoms with Crippen molar-refractivity contribution in [3.05, 3.63) is 0 Å². The van der Waals surface area contributed by atoms with E-state index in [9.17, 15) is 0 Å². The second-order valence-electron chi connectivity index (χ2n) is 5.45. The highest BCUT2D eigenvalue weighted by Crippen LogP contribution is 2.31. The minimum absolute atomic E-state index is 0.0603. The van der Waals surface area contributed by atoms with Crippen molar-refractivity contribution in [2.75, 3.05) is 19.7 Å². The highest BCUT2D eigenvalue weighted by Gasteiger charge is 2.36. The van der Waals surface area contributed by atoms with Gasteiger partial charge in [-0.2, -0.15) is 0 Å². The van der Waals surface area contributed by atoms with Gasteiger partial charge in [0.15, 0.2) is 0 Å². The molecule has 0 bridgehead atoms. The van der Waals surface area contributed by atoms with Crippen LogP contribution in [0, 0.1) is 0 Å². The van der Waals surface area contributed by atoms with Gasteiger partial charge in [-0.25, -0.2) is 0 Å². The van der Waals surface area contributed by atoms with Gasteiger partial charge < -0.3 is 15.8 Å². The van der Waals surface area contributed by atoms with E-state index in [0.29, 0.717) is 0 Å². The zero-order chi connectivity index (χ0) is 10.8. The minimum Gasteiger partial charge on any atom is -0.374 e. The monoisotopic (exact) mass is 212 g/mol. The van der Waals surface area contributed by atoms with Crippen LogP contribution in [0.5, 0.6) is 0 Å². The number of ether oxygens (including phenoxy) is 1. The maximum atomic E-state index is 5.89.